The minimum atomic E-state index is -0.231. The number of hydrogen-bond donors (Lipinski definition) is 1. The van der Waals surface area contributed by atoms with Gasteiger partial charge in [-0.1, -0.05) is 25.4 Å². The maximum atomic E-state index is 14.0. The highest BCUT2D eigenvalue weighted by atomic mass is 35.5. The minimum Gasteiger partial charge on any atom is -0.378 e. The van der Waals surface area contributed by atoms with Crippen LogP contribution in [0.5, 0.6) is 0 Å². The summed E-state index contributed by atoms with van der Waals surface area (Å²) in [5.41, 5.74) is 9.59. The Balaban J connectivity index is 0.000000192. The fraction of sp³-hybridized carbons (Fsp3) is 0.429. The molecular weight excluding hydrogens is 958 g/mol. The predicted octanol–water partition coefficient (Wildman–Crippen LogP) is 8.14. The minimum absolute atomic E-state index is 0.0899. The molecule has 4 aliphatic heterocycles. The van der Waals surface area contributed by atoms with Crippen LogP contribution < -0.4 is 25.6 Å². The Morgan fingerprint density at radius 2 is 1.39 bits per heavy atom. The molecule has 7 aliphatic rings. The SMILES string of the molecule is C[C@@H]1CC[C@H](C)c2c1cc1n2CCN(c2nccc(-c3cc(Nc4ccc(N5CCN(C6COC6)C[C@@H]5C)cn4)c(=O)n(C)c3)c2C=O)C1=O.O=Cc1c(Cl)ccnc1N1CCn2c(cc3c2[C@@H]2CC[C@H]3C2)C1=O. The fourth-order valence-electron chi connectivity index (χ4n) is 13.0. The summed E-state index contributed by atoms with van der Waals surface area (Å²) in [4.78, 5) is 86.0. The largest absolute Gasteiger partial charge is 0.378 e. The van der Waals surface area contributed by atoms with Gasteiger partial charge in [0.2, 0.25) is 0 Å². The normalized spacial score (nSPS) is 23.1. The van der Waals surface area contributed by atoms with Crippen molar-refractivity contribution < 1.29 is 23.9 Å². The van der Waals surface area contributed by atoms with Crippen LogP contribution in [-0.2, 0) is 24.9 Å². The lowest BCUT2D eigenvalue weighted by Gasteiger charge is -2.46. The Hall–Kier alpha value is -6.95. The van der Waals surface area contributed by atoms with Crippen LogP contribution >= 0.6 is 11.6 Å². The number of aromatic nitrogens is 6. The van der Waals surface area contributed by atoms with Gasteiger partial charge in [0.15, 0.2) is 12.6 Å². The molecule has 2 amide bonds. The molecule has 1 saturated carbocycles. The highest BCUT2D eigenvalue weighted by Crippen LogP contribution is 2.54. The lowest BCUT2D eigenvalue weighted by atomic mass is 9.82. The number of halogens is 1. The summed E-state index contributed by atoms with van der Waals surface area (Å²) in [6, 6.07) is 14.0. The maximum Gasteiger partial charge on any atom is 0.276 e. The first-order valence-electron chi connectivity index (χ1n) is 26.1. The van der Waals surface area contributed by atoms with Crippen molar-refractivity contribution in [3.63, 3.8) is 0 Å². The molecule has 74 heavy (non-hydrogen) atoms. The standard InChI is InChI=1S/C38H44N8O4.C18H16ClN3O2/c1-23-5-6-24(2)35-30(23)16-33-38(49)46(14-13-45(33)35)36-31(20-47)29(9-10-39-36)26-15-32(37(48)42(4)19-26)41-34-8-7-27(17-40-34)44-12-11-43(18-25(44)3)28-21-50-22-28;19-14-3-4-20-17(13(14)9-23)22-6-5-21-15(18(22)24)8-12-10-1-2-11(7-10)16(12)21/h7-10,15-17,19-20,23-25,28H,5-6,11-14,18,21-22H2,1-4H3,(H,40,41);3-4,8-11H,1-2,5-7H2/t23-,24+,25+;10-,11+/m10/s1. The van der Waals surface area contributed by atoms with E-state index in [-0.39, 0.29) is 22.9 Å². The molecule has 382 valence electrons. The van der Waals surface area contributed by atoms with Crippen molar-refractivity contribution in [2.75, 3.05) is 66.0 Å². The van der Waals surface area contributed by atoms with E-state index < -0.39 is 0 Å². The van der Waals surface area contributed by atoms with Crippen LogP contribution in [0.1, 0.15) is 141 Å². The van der Waals surface area contributed by atoms with E-state index in [9.17, 15) is 24.0 Å². The van der Waals surface area contributed by atoms with Gasteiger partial charge in [-0.2, -0.15) is 0 Å². The van der Waals surface area contributed by atoms with Gasteiger partial charge in [-0.15, -0.1) is 0 Å². The number of carbonyl (C=O) groups excluding carboxylic acids is 4. The highest BCUT2D eigenvalue weighted by molar-refractivity contribution is 6.33. The molecule has 6 aromatic rings. The number of amides is 2. The summed E-state index contributed by atoms with van der Waals surface area (Å²) in [6.45, 7) is 13.5. The lowest BCUT2D eigenvalue weighted by Crippen LogP contribution is -2.59. The van der Waals surface area contributed by atoms with Crippen LogP contribution in [0.4, 0.5) is 28.8 Å². The van der Waals surface area contributed by atoms with Crippen molar-refractivity contribution in [2.45, 2.75) is 102 Å². The molecule has 0 unspecified atom stereocenters. The summed E-state index contributed by atoms with van der Waals surface area (Å²) >= 11 is 6.09. The van der Waals surface area contributed by atoms with Gasteiger partial charge in [0.05, 0.1) is 47.3 Å². The number of nitrogens with zero attached hydrogens (tertiary/aromatic N) is 10. The summed E-state index contributed by atoms with van der Waals surface area (Å²) < 4.78 is 11.3. The molecule has 5 atom stereocenters. The molecule has 0 spiro atoms. The number of fused-ring (bicyclic) bond motifs is 10. The summed E-state index contributed by atoms with van der Waals surface area (Å²) in [7, 11) is 1.68. The van der Waals surface area contributed by atoms with Crippen molar-refractivity contribution >= 4 is 64.8 Å². The van der Waals surface area contributed by atoms with Gasteiger partial charge in [-0.3, -0.25) is 38.7 Å². The van der Waals surface area contributed by atoms with Gasteiger partial charge >= 0.3 is 0 Å². The molecule has 0 aromatic carbocycles. The van der Waals surface area contributed by atoms with E-state index in [0.29, 0.717) is 112 Å². The van der Waals surface area contributed by atoms with Crippen molar-refractivity contribution in [3.8, 4) is 11.1 Å². The van der Waals surface area contributed by atoms with Crippen molar-refractivity contribution in [3.05, 3.63) is 128 Å². The molecule has 17 nitrogen and oxygen atoms in total. The van der Waals surface area contributed by atoms with Crippen molar-refractivity contribution in [1.29, 1.82) is 0 Å². The third-order valence-corrected chi connectivity index (χ3v) is 17.2. The molecule has 2 saturated heterocycles. The van der Waals surface area contributed by atoms with Crippen LogP contribution in [0.3, 0.4) is 0 Å². The van der Waals surface area contributed by atoms with Crippen LogP contribution in [0.25, 0.3) is 11.1 Å². The van der Waals surface area contributed by atoms with Crippen molar-refractivity contribution in [1.82, 2.24) is 33.6 Å². The van der Waals surface area contributed by atoms with Gasteiger partial charge in [0.1, 0.15) is 34.5 Å². The van der Waals surface area contributed by atoms with E-state index in [2.05, 4.69) is 66.0 Å². The topological polar surface area (TPSA) is 173 Å². The first kappa shape index (κ1) is 48.0. The van der Waals surface area contributed by atoms with Gasteiger partial charge in [-0.05, 0) is 116 Å². The molecule has 18 heteroatoms. The fourth-order valence-corrected chi connectivity index (χ4v) is 13.2. The number of nitrogens with one attached hydrogen (secondary N) is 1. The molecular formula is C56H60ClN11O6. The average molecular weight is 1020 g/mol. The van der Waals surface area contributed by atoms with E-state index in [1.807, 2.05) is 24.4 Å². The smallest absolute Gasteiger partial charge is 0.276 e. The molecule has 6 aromatic heterocycles. The second-order valence-corrected chi connectivity index (χ2v) is 21.6. The molecule has 3 fully saturated rings. The zero-order valence-electron chi connectivity index (χ0n) is 42.2. The monoisotopic (exact) mass is 1020 g/mol. The Morgan fingerprint density at radius 3 is 2.07 bits per heavy atom. The Labute approximate surface area is 434 Å². The number of aldehydes is 2. The van der Waals surface area contributed by atoms with Gasteiger partial charge in [-0.25, -0.2) is 15.0 Å². The van der Waals surface area contributed by atoms with Gasteiger partial charge < -0.3 is 28.7 Å². The Kier molecular flexibility index (Phi) is 12.4. The zero-order valence-corrected chi connectivity index (χ0v) is 42.9. The summed E-state index contributed by atoms with van der Waals surface area (Å²) in [6.07, 6.45) is 14.1. The highest BCUT2D eigenvalue weighted by Gasteiger charge is 2.43. The molecule has 10 heterocycles. The average Bonchev–Trinajstić information content (AvgIpc) is 4.20. The second kappa shape index (κ2) is 19.1. The van der Waals surface area contributed by atoms with E-state index in [4.69, 9.17) is 16.3 Å². The number of carbonyl (C=O) groups is 4. The van der Waals surface area contributed by atoms with Crippen LogP contribution in [0, 0.1) is 0 Å². The summed E-state index contributed by atoms with van der Waals surface area (Å²) in [5.74, 6) is 3.04. The molecule has 1 N–H and O–H groups in total. The molecule has 2 bridgehead atoms. The summed E-state index contributed by atoms with van der Waals surface area (Å²) in [5, 5.41) is 3.53. The maximum absolute atomic E-state index is 14.0. The number of anilines is 5. The number of ether oxygens (including phenoxy) is 1. The predicted molar refractivity (Wildman–Crippen MR) is 283 cm³/mol. The van der Waals surface area contributed by atoms with E-state index in [0.717, 1.165) is 69.9 Å². The van der Waals surface area contributed by atoms with Crippen molar-refractivity contribution in [2.24, 2.45) is 7.05 Å². The molecule has 0 radical (unpaired) electrons. The lowest BCUT2D eigenvalue weighted by molar-refractivity contribution is -0.0691. The number of hydrogen-bond acceptors (Lipinski definition) is 12. The van der Waals surface area contributed by atoms with Crippen LogP contribution in [-0.4, -0.2) is 116 Å². The number of piperazine rings is 1. The van der Waals surface area contributed by atoms with E-state index in [1.165, 1.54) is 52.5 Å². The molecule has 3 aliphatic carbocycles. The number of rotatable bonds is 9. The number of aryl methyl sites for hydroxylation is 1. The van der Waals surface area contributed by atoms with Crippen LogP contribution in [0.15, 0.2) is 72.0 Å². The van der Waals surface area contributed by atoms with E-state index >= 15 is 0 Å². The third kappa shape index (κ3) is 8.05. The Bertz CT molecular complexity index is 3310. The van der Waals surface area contributed by atoms with Crippen LogP contribution in [0.2, 0.25) is 5.02 Å². The first-order chi connectivity index (χ1) is 35.9. The third-order valence-electron chi connectivity index (χ3n) is 16.9. The zero-order chi connectivity index (χ0) is 51.1. The van der Waals surface area contributed by atoms with E-state index in [1.54, 1.807) is 47.4 Å². The number of pyridine rings is 4. The van der Waals surface area contributed by atoms with Gasteiger partial charge in [0.25, 0.3) is 17.4 Å². The van der Waals surface area contributed by atoms with Gasteiger partial charge in [0, 0.05) is 100 Å². The second-order valence-electron chi connectivity index (χ2n) is 21.2. The quantitative estimate of drug-likeness (QED) is 0.138. The first-order valence-corrected chi connectivity index (χ1v) is 26.4. The molecule has 13 rings (SSSR count). The Morgan fingerprint density at radius 1 is 0.716 bits per heavy atom.